The fraction of sp³-hybridized carbons (Fsp3) is 0.585. The summed E-state index contributed by atoms with van der Waals surface area (Å²) in [6.07, 6.45) is 12.6. The monoisotopic (exact) mass is 676 g/mol. The minimum absolute atomic E-state index is 0.0476. The van der Waals surface area contributed by atoms with Crippen LogP contribution < -0.4 is 0 Å². The molecule has 0 heterocycles. The van der Waals surface area contributed by atoms with Gasteiger partial charge in [-0.1, -0.05) is 69.7 Å². The molecular weight excluding hydrogens is 620 g/mol. The third kappa shape index (κ3) is 8.87. The molecule has 4 aliphatic carbocycles. The van der Waals surface area contributed by atoms with Gasteiger partial charge in [-0.2, -0.15) is 0 Å². The first kappa shape index (κ1) is 39.6. The zero-order valence-electron chi connectivity index (χ0n) is 31.5. The van der Waals surface area contributed by atoms with E-state index in [4.69, 9.17) is 14.2 Å². The lowest BCUT2D eigenvalue weighted by molar-refractivity contribution is -0.151. The Bertz CT molecular complexity index is 1540. The zero-order valence-corrected chi connectivity index (χ0v) is 31.5. The highest BCUT2D eigenvalue weighted by atomic mass is 16.6. The molecular formula is C41H56O8. The Kier molecular flexibility index (Phi) is 12.8. The topological polar surface area (TPSA) is 113 Å². The second kappa shape index (κ2) is 15.8. The maximum atomic E-state index is 12.7. The van der Waals surface area contributed by atoms with Crippen LogP contribution >= 0.6 is 0 Å². The summed E-state index contributed by atoms with van der Waals surface area (Å²) in [5.74, 6) is -0.957. The van der Waals surface area contributed by atoms with Gasteiger partial charge in [0.2, 0.25) is 0 Å². The third-order valence-electron chi connectivity index (χ3n) is 10.7. The molecule has 0 aromatic rings. The lowest BCUT2D eigenvalue weighted by atomic mass is 10.1. The van der Waals surface area contributed by atoms with Crippen LogP contribution in [0, 0.1) is 34.5 Å². The molecule has 268 valence electrons. The van der Waals surface area contributed by atoms with Crippen LogP contribution in [-0.4, -0.2) is 48.8 Å². The molecule has 8 nitrogen and oxygen atoms in total. The van der Waals surface area contributed by atoms with E-state index >= 15 is 0 Å². The fourth-order valence-corrected chi connectivity index (χ4v) is 7.16. The number of hydrogen-bond donors (Lipinski definition) is 0. The average Bonchev–Trinajstić information content (AvgIpc) is 3.66. The summed E-state index contributed by atoms with van der Waals surface area (Å²) in [6, 6.07) is 0. The van der Waals surface area contributed by atoms with Gasteiger partial charge in [0.15, 0.2) is 11.6 Å². The van der Waals surface area contributed by atoms with Gasteiger partial charge in [0.05, 0.1) is 31.8 Å². The first-order valence-corrected chi connectivity index (χ1v) is 17.4. The highest BCUT2D eigenvalue weighted by Gasteiger charge is 2.63. The predicted molar refractivity (Wildman–Crippen MR) is 190 cm³/mol. The Morgan fingerprint density at radius 2 is 1.10 bits per heavy atom. The fourth-order valence-electron chi connectivity index (χ4n) is 7.16. The molecule has 2 fully saturated rings. The van der Waals surface area contributed by atoms with Crippen LogP contribution in [0.1, 0.15) is 102 Å². The second-order valence-electron chi connectivity index (χ2n) is 15.2. The van der Waals surface area contributed by atoms with E-state index in [1.165, 1.54) is 12.7 Å². The van der Waals surface area contributed by atoms with E-state index < -0.39 is 12.1 Å². The lowest BCUT2D eigenvalue weighted by Gasteiger charge is -2.13. The Labute approximate surface area is 292 Å². The Morgan fingerprint density at radius 1 is 0.714 bits per heavy atom. The first-order chi connectivity index (χ1) is 22.8. The molecule has 0 unspecified atom stereocenters. The van der Waals surface area contributed by atoms with E-state index in [9.17, 15) is 24.0 Å². The van der Waals surface area contributed by atoms with Crippen LogP contribution in [0.5, 0.6) is 0 Å². The highest BCUT2D eigenvalue weighted by molar-refractivity contribution is 6.00. The van der Waals surface area contributed by atoms with Crippen LogP contribution in [0.15, 0.2) is 69.9 Å². The summed E-state index contributed by atoms with van der Waals surface area (Å²) in [5, 5.41) is 0. The molecule has 0 aliphatic heterocycles. The highest BCUT2D eigenvalue weighted by Crippen LogP contribution is 2.61. The van der Waals surface area contributed by atoms with Crippen LogP contribution in [0.3, 0.4) is 0 Å². The molecule has 6 atom stereocenters. The summed E-state index contributed by atoms with van der Waals surface area (Å²) in [4.78, 5) is 61.1. The van der Waals surface area contributed by atoms with Gasteiger partial charge in [-0.3, -0.25) is 19.2 Å². The first-order valence-electron chi connectivity index (χ1n) is 17.4. The smallest absolute Gasteiger partial charge is 0.333 e. The van der Waals surface area contributed by atoms with Gasteiger partial charge in [-0.05, 0) is 95.1 Å². The zero-order chi connectivity index (χ0) is 37.0. The summed E-state index contributed by atoms with van der Waals surface area (Å²) in [6.45, 7) is 21.5. The number of methoxy groups -OCH3 is 1. The largest absolute Gasteiger partial charge is 0.466 e. The lowest BCUT2D eigenvalue weighted by Crippen LogP contribution is -2.20. The molecule has 4 aliphatic rings. The van der Waals surface area contributed by atoms with E-state index in [-0.39, 0.29) is 70.5 Å². The molecule has 49 heavy (non-hydrogen) atoms. The average molecular weight is 677 g/mol. The van der Waals surface area contributed by atoms with Gasteiger partial charge in [0.1, 0.15) is 12.2 Å². The van der Waals surface area contributed by atoms with E-state index in [2.05, 4.69) is 19.9 Å². The standard InChI is InChI=1S/C21H28O5.C20H28O3/c1-7-8-9-14-13(3)17(11-16(14)22)26-20(24)18-15(21(18,4)5)10-12(2)19(23)25-6;1-7-8-9-14-13(4)17(11-16(14)21)23-19(22)18-15(10-12(2)3)20(18,5)6/h7-8,10,15,17-18H,9,11H2,1-6H3;7-8,10,15,17-18H,9,11H2,1-6H3/b8-7+,12-10+;8-7+/t2*15-,17+,18+/m11/s1. The molecule has 4 rings (SSSR count). The number of hydrogen-bond acceptors (Lipinski definition) is 8. The molecule has 0 saturated heterocycles. The van der Waals surface area contributed by atoms with Crippen molar-refractivity contribution in [1.29, 1.82) is 0 Å². The summed E-state index contributed by atoms with van der Waals surface area (Å²) < 4.78 is 16.1. The van der Waals surface area contributed by atoms with Crippen molar-refractivity contribution in [3.63, 3.8) is 0 Å². The Balaban J connectivity index is 0.000000267. The number of Topliss-reactive ketones (excluding diaryl/α,β-unsaturated/α-hetero) is 2. The van der Waals surface area contributed by atoms with Gasteiger partial charge in [-0.25, -0.2) is 4.79 Å². The number of rotatable bonds is 11. The van der Waals surface area contributed by atoms with E-state index in [0.717, 1.165) is 22.3 Å². The number of ketones is 2. The Morgan fingerprint density at radius 3 is 1.45 bits per heavy atom. The molecule has 0 spiro atoms. The van der Waals surface area contributed by atoms with Gasteiger partial charge in [-0.15, -0.1) is 0 Å². The second-order valence-corrected chi connectivity index (χ2v) is 15.2. The summed E-state index contributed by atoms with van der Waals surface area (Å²) >= 11 is 0. The van der Waals surface area contributed by atoms with Crippen molar-refractivity contribution in [1.82, 2.24) is 0 Å². The van der Waals surface area contributed by atoms with E-state index in [1.54, 1.807) is 13.0 Å². The molecule has 0 aromatic carbocycles. The predicted octanol–water partition coefficient (Wildman–Crippen LogP) is 7.94. The molecule has 2 saturated carbocycles. The van der Waals surface area contributed by atoms with Crippen molar-refractivity contribution in [2.75, 3.05) is 7.11 Å². The molecule has 0 bridgehead atoms. The summed E-state index contributed by atoms with van der Waals surface area (Å²) in [7, 11) is 1.33. The van der Waals surface area contributed by atoms with Crippen LogP contribution in [0.2, 0.25) is 0 Å². The molecule has 0 amide bonds. The van der Waals surface area contributed by atoms with Crippen LogP contribution in [-0.2, 0) is 38.2 Å². The van der Waals surface area contributed by atoms with Crippen LogP contribution in [0.4, 0.5) is 0 Å². The van der Waals surface area contributed by atoms with Crippen molar-refractivity contribution < 1.29 is 38.2 Å². The number of esters is 3. The van der Waals surface area contributed by atoms with Gasteiger partial charge >= 0.3 is 17.9 Å². The molecule has 0 radical (unpaired) electrons. The quantitative estimate of drug-likeness (QED) is 0.0939. The van der Waals surface area contributed by atoms with E-state index in [1.807, 2.05) is 79.7 Å². The van der Waals surface area contributed by atoms with Crippen molar-refractivity contribution >= 4 is 29.5 Å². The van der Waals surface area contributed by atoms with Gasteiger partial charge in [0, 0.05) is 16.7 Å². The van der Waals surface area contributed by atoms with Crippen molar-refractivity contribution in [2.45, 2.75) is 114 Å². The summed E-state index contributed by atoms with van der Waals surface area (Å²) in [5.41, 5.74) is 4.69. The minimum atomic E-state index is -0.474. The van der Waals surface area contributed by atoms with Gasteiger partial charge in [0.25, 0.3) is 0 Å². The van der Waals surface area contributed by atoms with E-state index in [0.29, 0.717) is 24.8 Å². The van der Waals surface area contributed by atoms with Crippen molar-refractivity contribution in [3.05, 3.63) is 69.9 Å². The Hall–Kier alpha value is -3.81. The maximum absolute atomic E-state index is 12.7. The number of allylic oxidation sites excluding steroid dienone is 9. The normalized spacial score (nSPS) is 28.4. The molecule has 0 aromatic heterocycles. The maximum Gasteiger partial charge on any atom is 0.333 e. The number of carbonyl (C=O) groups excluding carboxylic acids is 5. The number of ether oxygens (including phenoxy) is 3. The van der Waals surface area contributed by atoms with Crippen molar-refractivity contribution in [2.24, 2.45) is 34.5 Å². The molecule has 8 heteroatoms. The molecule has 0 N–H and O–H groups in total. The number of carbonyl (C=O) groups is 5. The minimum Gasteiger partial charge on any atom is -0.466 e. The van der Waals surface area contributed by atoms with Gasteiger partial charge < -0.3 is 14.2 Å². The SMILES string of the molecule is C/C=C/CC1=C(C)[C@@H](OC(=O)[C@@H]2[C@@H](/C=C(\C)C(=O)OC)C2(C)C)CC1=O.C/C=C/CC1=C(C)[C@@H](OC(=O)[C@@H]2[C@@H](C=C(C)C)C2(C)C)CC1=O. The van der Waals surface area contributed by atoms with Crippen molar-refractivity contribution in [3.8, 4) is 0 Å². The van der Waals surface area contributed by atoms with Crippen LogP contribution in [0.25, 0.3) is 0 Å². The third-order valence-corrected chi connectivity index (χ3v) is 10.7.